The van der Waals surface area contributed by atoms with E-state index < -0.39 is 4.92 Å². The minimum Gasteiger partial charge on any atom is -0.358 e. The van der Waals surface area contributed by atoms with E-state index in [9.17, 15) is 10.1 Å². The van der Waals surface area contributed by atoms with Gasteiger partial charge in [0, 0.05) is 19.4 Å². The summed E-state index contributed by atoms with van der Waals surface area (Å²) in [6.07, 6.45) is 4.73. The van der Waals surface area contributed by atoms with Crippen molar-refractivity contribution in [3.05, 3.63) is 34.4 Å². The summed E-state index contributed by atoms with van der Waals surface area (Å²) in [6.45, 7) is 1.88. The predicted molar refractivity (Wildman–Crippen MR) is 60.8 cm³/mol. The van der Waals surface area contributed by atoms with Gasteiger partial charge in [0.1, 0.15) is 0 Å². The number of nitro groups is 1. The summed E-state index contributed by atoms with van der Waals surface area (Å²) in [7, 11) is 1.69. The van der Waals surface area contributed by atoms with Gasteiger partial charge in [0.2, 0.25) is 6.33 Å². The maximum Gasteiger partial charge on any atom is 0.396 e. The molecule has 88 valence electrons. The van der Waals surface area contributed by atoms with Crippen LogP contribution in [-0.2, 0) is 7.05 Å². The number of aryl methyl sites for hydroxylation is 2. The fourth-order valence-electron chi connectivity index (χ4n) is 1.17. The van der Waals surface area contributed by atoms with Gasteiger partial charge >= 0.3 is 5.82 Å². The number of nitrogens with zero attached hydrogens (tertiary/aromatic N) is 5. The Morgan fingerprint density at radius 1 is 1.35 bits per heavy atom. The number of aromatic nitrogens is 4. The molecule has 0 fully saturated rings. The molecule has 0 unspecified atom stereocenters. The van der Waals surface area contributed by atoms with Crippen molar-refractivity contribution in [2.75, 3.05) is 0 Å². The van der Waals surface area contributed by atoms with Crippen LogP contribution in [0.15, 0.2) is 28.9 Å². The first-order chi connectivity index (χ1) is 8.08. The van der Waals surface area contributed by atoms with E-state index in [2.05, 4.69) is 15.0 Å². The molecule has 0 aliphatic carbocycles. The van der Waals surface area contributed by atoms with E-state index in [1.54, 1.807) is 24.0 Å². The lowest BCUT2D eigenvalue weighted by Crippen LogP contribution is -1.95. The zero-order chi connectivity index (χ0) is 12.4. The van der Waals surface area contributed by atoms with Gasteiger partial charge in [0.05, 0.1) is 0 Å². The standard InChI is InChI=1S/C9H9N5O2S/c1-6-3-10-9(11-4-6)17-8-7(14(15)16)12-5-13(8)2/h3-5H,1-2H3. The zero-order valence-corrected chi connectivity index (χ0v) is 10.0. The monoisotopic (exact) mass is 251 g/mol. The quantitative estimate of drug-likeness (QED) is 0.467. The summed E-state index contributed by atoms with van der Waals surface area (Å²) < 4.78 is 1.58. The Labute approximate surface area is 101 Å². The second-order valence-corrected chi connectivity index (χ2v) is 4.34. The fourth-order valence-corrected chi connectivity index (χ4v) is 1.96. The van der Waals surface area contributed by atoms with Crippen LogP contribution in [0.5, 0.6) is 0 Å². The first-order valence-corrected chi connectivity index (χ1v) is 5.52. The summed E-state index contributed by atoms with van der Waals surface area (Å²) in [5.41, 5.74) is 0.939. The zero-order valence-electron chi connectivity index (χ0n) is 9.19. The normalized spacial score (nSPS) is 10.5. The SMILES string of the molecule is Cc1cnc(Sc2c([N+](=O)[O-])ncn2C)nc1. The van der Waals surface area contributed by atoms with E-state index in [-0.39, 0.29) is 5.82 Å². The second kappa shape index (κ2) is 4.50. The van der Waals surface area contributed by atoms with E-state index in [1.807, 2.05) is 6.92 Å². The molecule has 0 N–H and O–H groups in total. The van der Waals surface area contributed by atoms with Crippen LogP contribution >= 0.6 is 11.8 Å². The summed E-state index contributed by atoms with van der Waals surface area (Å²) in [5, 5.41) is 11.6. The lowest BCUT2D eigenvalue weighted by molar-refractivity contribution is -0.392. The highest BCUT2D eigenvalue weighted by molar-refractivity contribution is 7.99. The van der Waals surface area contributed by atoms with Gasteiger partial charge in [-0.3, -0.25) is 0 Å². The molecule has 2 aromatic heterocycles. The molecule has 2 aromatic rings. The first kappa shape index (κ1) is 11.5. The van der Waals surface area contributed by atoms with Crippen molar-refractivity contribution in [1.82, 2.24) is 19.5 Å². The highest BCUT2D eigenvalue weighted by atomic mass is 32.2. The molecule has 2 heterocycles. The summed E-state index contributed by atoms with van der Waals surface area (Å²) in [6, 6.07) is 0. The number of hydrogen-bond acceptors (Lipinski definition) is 6. The van der Waals surface area contributed by atoms with E-state index in [4.69, 9.17) is 0 Å². The van der Waals surface area contributed by atoms with Gasteiger partial charge in [0.25, 0.3) is 0 Å². The van der Waals surface area contributed by atoms with Gasteiger partial charge in [-0.15, -0.1) is 0 Å². The number of hydrogen-bond donors (Lipinski definition) is 0. The molecule has 8 heteroatoms. The predicted octanol–water partition coefficient (Wildman–Crippen LogP) is 1.58. The molecule has 0 aliphatic rings. The van der Waals surface area contributed by atoms with Crippen LogP contribution in [0.25, 0.3) is 0 Å². The topological polar surface area (TPSA) is 86.7 Å². The molecule has 0 saturated heterocycles. The lowest BCUT2D eigenvalue weighted by atomic mass is 10.4. The van der Waals surface area contributed by atoms with E-state index in [0.29, 0.717) is 10.2 Å². The molecule has 0 spiro atoms. The fraction of sp³-hybridized carbons (Fsp3) is 0.222. The maximum atomic E-state index is 10.8. The van der Waals surface area contributed by atoms with Gasteiger partial charge in [-0.1, -0.05) is 0 Å². The van der Waals surface area contributed by atoms with E-state index in [1.165, 1.54) is 6.33 Å². The summed E-state index contributed by atoms with van der Waals surface area (Å²) in [4.78, 5) is 22.1. The molecule has 0 amide bonds. The highest BCUT2D eigenvalue weighted by Crippen LogP contribution is 2.31. The third-order valence-corrected chi connectivity index (χ3v) is 3.04. The Kier molecular flexibility index (Phi) is 3.05. The van der Waals surface area contributed by atoms with Crippen molar-refractivity contribution in [3.8, 4) is 0 Å². The van der Waals surface area contributed by atoms with Crippen LogP contribution in [0.2, 0.25) is 0 Å². The average Bonchev–Trinajstić information content (AvgIpc) is 2.64. The van der Waals surface area contributed by atoms with Gasteiger partial charge in [-0.05, 0) is 34.2 Å². The molecular formula is C9H9N5O2S. The smallest absolute Gasteiger partial charge is 0.358 e. The van der Waals surface area contributed by atoms with Crippen molar-refractivity contribution in [3.63, 3.8) is 0 Å². The molecule has 0 bridgehead atoms. The second-order valence-electron chi connectivity index (χ2n) is 3.39. The lowest BCUT2D eigenvalue weighted by Gasteiger charge is -2.00. The molecular weight excluding hydrogens is 242 g/mol. The van der Waals surface area contributed by atoms with Crippen molar-refractivity contribution in [2.24, 2.45) is 7.05 Å². The van der Waals surface area contributed by atoms with Gasteiger partial charge in [-0.2, -0.15) is 0 Å². The van der Waals surface area contributed by atoms with Crippen molar-refractivity contribution >= 4 is 17.6 Å². The molecule has 2 rings (SSSR count). The van der Waals surface area contributed by atoms with Crippen LogP contribution in [-0.4, -0.2) is 24.4 Å². The average molecular weight is 251 g/mol. The maximum absolute atomic E-state index is 10.8. The van der Waals surface area contributed by atoms with Crippen molar-refractivity contribution in [2.45, 2.75) is 17.1 Å². The third-order valence-electron chi connectivity index (χ3n) is 1.98. The molecule has 0 saturated carbocycles. The summed E-state index contributed by atoms with van der Waals surface area (Å²) in [5.74, 6) is -0.179. The van der Waals surface area contributed by atoms with Crippen LogP contribution in [0.3, 0.4) is 0 Å². The van der Waals surface area contributed by atoms with Crippen molar-refractivity contribution < 1.29 is 4.92 Å². The van der Waals surface area contributed by atoms with Gasteiger partial charge in [-0.25, -0.2) is 9.97 Å². The molecule has 0 atom stereocenters. The molecule has 7 nitrogen and oxygen atoms in total. The van der Waals surface area contributed by atoms with Gasteiger partial charge < -0.3 is 14.7 Å². The highest BCUT2D eigenvalue weighted by Gasteiger charge is 2.21. The Morgan fingerprint density at radius 3 is 2.59 bits per heavy atom. The molecule has 0 aliphatic heterocycles. The Morgan fingerprint density at radius 2 is 2.00 bits per heavy atom. The Hall–Kier alpha value is -1.96. The van der Waals surface area contributed by atoms with E-state index in [0.717, 1.165) is 17.3 Å². The van der Waals surface area contributed by atoms with Crippen LogP contribution in [0.1, 0.15) is 5.56 Å². The molecule has 17 heavy (non-hydrogen) atoms. The minimum atomic E-state index is -0.517. The Bertz CT molecular complexity index is 551. The molecule has 0 aromatic carbocycles. The van der Waals surface area contributed by atoms with Crippen LogP contribution < -0.4 is 0 Å². The first-order valence-electron chi connectivity index (χ1n) is 4.70. The number of imidazole rings is 1. The largest absolute Gasteiger partial charge is 0.396 e. The van der Waals surface area contributed by atoms with Crippen LogP contribution in [0, 0.1) is 17.0 Å². The van der Waals surface area contributed by atoms with E-state index >= 15 is 0 Å². The van der Waals surface area contributed by atoms with Gasteiger partial charge in [0.15, 0.2) is 10.2 Å². The minimum absolute atomic E-state index is 0.179. The molecule has 0 radical (unpaired) electrons. The third kappa shape index (κ3) is 2.41. The van der Waals surface area contributed by atoms with Crippen molar-refractivity contribution in [1.29, 1.82) is 0 Å². The number of rotatable bonds is 3. The summed E-state index contributed by atoms with van der Waals surface area (Å²) >= 11 is 1.12. The van der Waals surface area contributed by atoms with Crippen LogP contribution in [0.4, 0.5) is 5.82 Å². The Balaban J connectivity index is 2.32.